The van der Waals surface area contributed by atoms with Crippen molar-refractivity contribution in [1.82, 2.24) is 35.1 Å². The van der Waals surface area contributed by atoms with Gasteiger partial charge in [0.25, 0.3) is 11.5 Å². The quantitative estimate of drug-likeness (QED) is 0.351. The summed E-state index contributed by atoms with van der Waals surface area (Å²) in [6, 6.07) is 4.19. The Kier molecular flexibility index (Phi) is 7.35. The molecule has 1 aromatic carbocycles. The molecule has 0 unspecified atom stereocenters. The predicted molar refractivity (Wildman–Crippen MR) is 126 cm³/mol. The van der Waals surface area contributed by atoms with Crippen molar-refractivity contribution in [3.63, 3.8) is 0 Å². The molecule has 0 saturated heterocycles. The number of halogens is 4. The molecule has 2 N–H and O–H groups in total. The SMILES string of the molecule is CCn1nncc1-c1cncc(-n2nc(C(=O)N[C@H](C)c3cccc(C(F)(F)F)c3F)cc(CO)c2=O)c1. The van der Waals surface area contributed by atoms with E-state index >= 15 is 0 Å². The van der Waals surface area contributed by atoms with Crippen LogP contribution in [0.2, 0.25) is 0 Å². The number of amides is 1. The molecule has 0 spiro atoms. The minimum atomic E-state index is -4.91. The van der Waals surface area contributed by atoms with E-state index in [4.69, 9.17) is 0 Å². The molecule has 0 fully saturated rings. The van der Waals surface area contributed by atoms with Crippen molar-refractivity contribution < 1.29 is 27.5 Å². The third kappa shape index (κ3) is 5.16. The first-order chi connectivity index (χ1) is 18.0. The Hall–Kier alpha value is -4.46. The zero-order valence-corrected chi connectivity index (χ0v) is 20.1. The summed E-state index contributed by atoms with van der Waals surface area (Å²) in [5, 5.41) is 24.0. The summed E-state index contributed by atoms with van der Waals surface area (Å²) < 4.78 is 56.3. The summed E-state index contributed by atoms with van der Waals surface area (Å²) in [6.45, 7) is 2.97. The lowest BCUT2D eigenvalue weighted by Gasteiger charge is -2.18. The van der Waals surface area contributed by atoms with Crippen molar-refractivity contribution in [3.8, 4) is 16.9 Å². The zero-order chi connectivity index (χ0) is 27.6. The number of carbonyl (C=O) groups is 1. The van der Waals surface area contributed by atoms with Crippen LogP contribution in [0.4, 0.5) is 17.6 Å². The fourth-order valence-electron chi connectivity index (χ4n) is 3.79. The minimum Gasteiger partial charge on any atom is -0.391 e. The fourth-order valence-corrected chi connectivity index (χ4v) is 3.79. The highest BCUT2D eigenvalue weighted by Gasteiger charge is 2.35. The topological polar surface area (TPSA) is 128 Å². The molecule has 3 heterocycles. The lowest BCUT2D eigenvalue weighted by Crippen LogP contribution is -2.33. The van der Waals surface area contributed by atoms with E-state index in [1.165, 1.54) is 25.5 Å². The van der Waals surface area contributed by atoms with Gasteiger partial charge >= 0.3 is 6.18 Å². The van der Waals surface area contributed by atoms with Crippen LogP contribution in [0.25, 0.3) is 16.9 Å². The van der Waals surface area contributed by atoms with Gasteiger partial charge in [-0.15, -0.1) is 5.10 Å². The van der Waals surface area contributed by atoms with Crippen LogP contribution >= 0.6 is 0 Å². The predicted octanol–water partition coefficient (Wildman–Crippen LogP) is 3.05. The molecule has 14 heteroatoms. The van der Waals surface area contributed by atoms with Crippen LogP contribution in [0.5, 0.6) is 0 Å². The van der Waals surface area contributed by atoms with Crippen molar-refractivity contribution in [1.29, 1.82) is 0 Å². The van der Waals surface area contributed by atoms with Gasteiger partial charge < -0.3 is 10.4 Å². The Morgan fingerprint density at radius 2 is 1.95 bits per heavy atom. The van der Waals surface area contributed by atoms with Crippen LogP contribution < -0.4 is 10.9 Å². The number of nitrogens with one attached hydrogen (secondary N) is 1. The summed E-state index contributed by atoms with van der Waals surface area (Å²) in [5.74, 6) is -2.42. The molecule has 1 amide bonds. The number of aliphatic hydroxyl groups excluding tert-OH is 1. The summed E-state index contributed by atoms with van der Waals surface area (Å²) in [4.78, 5) is 30.0. The van der Waals surface area contributed by atoms with Crippen LogP contribution in [0.15, 0.2) is 53.7 Å². The molecule has 38 heavy (non-hydrogen) atoms. The minimum absolute atomic E-state index is 0.165. The second-order valence-electron chi connectivity index (χ2n) is 8.20. The van der Waals surface area contributed by atoms with Crippen LogP contribution in [-0.4, -0.2) is 40.8 Å². The monoisotopic (exact) mass is 531 g/mol. The molecule has 10 nitrogen and oxygen atoms in total. The number of carbonyl (C=O) groups excluding carboxylic acids is 1. The Morgan fingerprint density at radius 3 is 2.63 bits per heavy atom. The van der Waals surface area contributed by atoms with Crippen molar-refractivity contribution in [3.05, 3.63) is 87.5 Å². The number of alkyl halides is 3. The largest absolute Gasteiger partial charge is 0.419 e. The summed E-state index contributed by atoms with van der Waals surface area (Å²) in [5.41, 5.74) is -1.74. The van der Waals surface area contributed by atoms with E-state index in [1.54, 1.807) is 10.7 Å². The molecule has 4 aromatic rings. The number of aromatic nitrogens is 6. The summed E-state index contributed by atoms with van der Waals surface area (Å²) >= 11 is 0. The van der Waals surface area contributed by atoms with E-state index < -0.39 is 41.7 Å². The maximum atomic E-state index is 14.6. The number of aryl methyl sites for hydroxylation is 1. The van der Waals surface area contributed by atoms with Gasteiger partial charge in [0.2, 0.25) is 0 Å². The van der Waals surface area contributed by atoms with Gasteiger partial charge in [-0.25, -0.2) is 9.07 Å². The van der Waals surface area contributed by atoms with E-state index in [0.717, 1.165) is 22.9 Å². The van der Waals surface area contributed by atoms with Crippen molar-refractivity contribution >= 4 is 5.91 Å². The van der Waals surface area contributed by atoms with Gasteiger partial charge in [-0.05, 0) is 32.0 Å². The molecule has 1 atom stereocenters. The first kappa shape index (κ1) is 26.6. The first-order valence-corrected chi connectivity index (χ1v) is 11.3. The van der Waals surface area contributed by atoms with Crippen LogP contribution in [-0.2, 0) is 19.3 Å². The van der Waals surface area contributed by atoms with Gasteiger partial charge in [0.1, 0.15) is 11.5 Å². The molecule has 198 valence electrons. The van der Waals surface area contributed by atoms with Gasteiger partial charge in [-0.3, -0.25) is 14.6 Å². The van der Waals surface area contributed by atoms with Crippen LogP contribution in [0.3, 0.4) is 0 Å². The number of nitrogens with zero attached hydrogens (tertiary/aromatic N) is 6. The van der Waals surface area contributed by atoms with Crippen molar-refractivity contribution in [2.45, 2.75) is 39.2 Å². The smallest absolute Gasteiger partial charge is 0.391 e. The highest BCUT2D eigenvalue weighted by atomic mass is 19.4. The lowest BCUT2D eigenvalue weighted by molar-refractivity contribution is -0.140. The number of hydrogen-bond donors (Lipinski definition) is 2. The van der Waals surface area contributed by atoms with Gasteiger partial charge in [-0.1, -0.05) is 17.3 Å². The second kappa shape index (κ2) is 10.5. The van der Waals surface area contributed by atoms with E-state index in [9.17, 15) is 32.3 Å². The van der Waals surface area contributed by atoms with E-state index in [2.05, 4.69) is 25.7 Å². The van der Waals surface area contributed by atoms with Gasteiger partial charge in [0.05, 0.1) is 42.0 Å². The molecule has 3 aromatic heterocycles. The van der Waals surface area contributed by atoms with Crippen LogP contribution in [0.1, 0.15) is 47.1 Å². The van der Waals surface area contributed by atoms with Crippen molar-refractivity contribution in [2.75, 3.05) is 0 Å². The summed E-state index contributed by atoms with van der Waals surface area (Å²) in [7, 11) is 0. The average molecular weight is 531 g/mol. The number of aliphatic hydroxyl groups is 1. The fraction of sp³-hybridized carbons (Fsp3) is 0.250. The van der Waals surface area contributed by atoms with E-state index in [0.29, 0.717) is 23.9 Å². The Balaban J connectivity index is 1.70. The number of pyridine rings is 1. The molecule has 0 radical (unpaired) electrons. The van der Waals surface area contributed by atoms with Gasteiger partial charge in [0, 0.05) is 29.4 Å². The molecule has 4 rings (SSSR count). The third-order valence-corrected chi connectivity index (χ3v) is 5.72. The maximum absolute atomic E-state index is 14.6. The second-order valence-corrected chi connectivity index (χ2v) is 8.20. The molecular formula is C24H21F4N7O3. The molecule has 0 aliphatic heterocycles. The highest BCUT2D eigenvalue weighted by molar-refractivity contribution is 5.92. The molecule has 0 bridgehead atoms. The standard InChI is InChI=1S/C24H21F4N7O3/c1-3-34-20(11-30-33-34)14-7-16(10-29-9-14)35-23(38)15(12-36)8-19(32-35)22(37)31-13(2)17-5-4-6-18(21(17)25)24(26,27)28/h4-11,13,36H,3,12H2,1-2H3,(H,31,37)/t13-/m1/s1. The third-order valence-electron chi connectivity index (χ3n) is 5.72. The Morgan fingerprint density at radius 1 is 1.18 bits per heavy atom. The van der Waals surface area contributed by atoms with Crippen LogP contribution in [0, 0.1) is 5.82 Å². The van der Waals surface area contributed by atoms with E-state index in [-0.39, 0.29) is 22.5 Å². The Bertz CT molecular complexity index is 1550. The molecule has 0 aliphatic carbocycles. The van der Waals surface area contributed by atoms with Crippen molar-refractivity contribution in [2.24, 2.45) is 0 Å². The van der Waals surface area contributed by atoms with E-state index in [1.807, 2.05) is 6.92 Å². The number of hydrogen-bond acceptors (Lipinski definition) is 7. The van der Waals surface area contributed by atoms with Gasteiger partial charge in [-0.2, -0.15) is 23.0 Å². The molecular weight excluding hydrogens is 510 g/mol. The molecule has 0 aliphatic rings. The molecule has 0 saturated carbocycles. The normalized spacial score (nSPS) is 12.4. The average Bonchev–Trinajstić information content (AvgIpc) is 3.37. The summed E-state index contributed by atoms with van der Waals surface area (Å²) in [6.07, 6.45) is -0.558. The maximum Gasteiger partial charge on any atom is 0.419 e. The lowest BCUT2D eigenvalue weighted by atomic mass is 10.0. The zero-order valence-electron chi connectivity index (χ0n) is 20.1. The number of rotatable bonds is 7. The van der Waals surface area contributed by atoms with Gasteiger partial charge in [0.15, 0.2) is 0 Å². The number of benzene rings is 1. The Labute approximate surface area is 212 Å². The first-order valence-electron chi connectivity index (χ1n) is 11.3. The highest BCUT2D eigenvalue weighted by Crippen LogP contribution is 2.33.